The molecule has 12 heavy (non-hydrogen) atoms. The first kappa shape index (κ1) is 9.84. The Morgan fingerprint density at radius 1 is 1.58 bits per heavy atom. The predicted molar refractivity (Wildman–Crippen MR) is 53.5 cm³/mol. The van der Waals surface area contributed by atoms with Gasteiger partial charge in [-0.15, -0.1) is 11.6 Å². The van der Waals surface area contributed by atoms with Gasteiger partial charge in [-0.1, -0.05) is 6.07 Å². The molecule has 1 aromatic carbocycles. The van der Waals surface area contributed by atoms with E-state index in [9.17, 15) is 0 Å². The minimum Gasteiger partial charge on any atom is -0.496 e. The molecule has 1 aromatic rings. The van der Waals surface area contributed by atoms with Gasteiger partial charge in [0.25, 0.3) is 0 Å². The first-order valence-corrected chi connectivity index (χ1v) is 4.61. The summed E-state index contributed by atoms with van der Waals surface area (Å²) in [5.41, 5.74) is 5.88. The fraction of sp³-hybridized carbons (Fsp3) is 0.250. The molecular formula is C8H9BrClNO. The number of hydrogen-bond acceptors (Lipinski definition) is 2. The Kier molecular flexibility index (Phi) is 3.38. The number of nitrogens with two attached hydrogens (primary N) is 1. The Balaban J connectivity index is 3.02. The van der Waals surface area contributed by atoms with Gasteiger partial charge in [0.1, 0.15) is 11.3 Å². The van der Waals surface area contributed by atoms with Crippen LogP contribution in [0.4, 0.5) is 0 Å². The van der Waals surface area contributed by atoms with E-state index >= 15 is 0 Å². The topological polar surface area (TPSA) is 35.2 Å². The molecule has 2 nitrogen and oxygen atoms in total. The van der Waals surface area contributed by atoms with Crippen LogP contribution in [0.3, 0.4) is 0 Å². The molecule has 2 N–H and O–H groups in total. The van der Waals surface area contributed by atoms with Crippen molar-refractivity contribution in [1.29, 1.82) is 0 Å². The van der Waals surface area contributed by atoms with Gasteiger partial charge < -0.3 is 10.5 Å². The van der Waals surface area contributed by atoms with Crippen molar-refractivity contribution in [2.45, 2.75) is 5.50 Å². The molecule has 0 spiro atoms. The summed E-state index contributed by atoms with van der Waals surface area (Å²) in [6.07, 6.45) is 0. The van der Waals surface area contributed by atoms with Crippen molar-refractivity contribution in [2.75, 3.05) is 7.11 Å². The summed E-state index contributed by atoms with van der Waals surface area (Å²) in [5, 5.41) is 0. The van der Waals surface area contributed by atoms with Crippen LogP contribution in [-0.2, 0) is 0 Å². The molecule has 0 saturated carbocycles. The van der Waals surface area contributed by atoms with Gasteiger partial charge in [0.15, 0.2) is 0 Å². The Labute approximate surface area is 84.8 Å². The zero-order valence-electron chi connectivity index (χ0n) is 6.55. The summed E-state index contributed by atoms with van der Waals surface area (Å²) >= 11 is 9.02. The quantitative estimate of drug-likeness (QED) is 0.647. The molecular weight excluding hydrogens is 241 g/mol. The van der Waals surface area contributed by atoms with Gasteiger partial charge in [-0.2, -0.15) is 0 Å². The van der Waals surface area contributed by atoms with Gasteiger partial charge in [-0.05, 0) is 33.6 Å². The number of halogens is 2. The maximum Gasteiger partial charge on any atom is 0.133 e. The molecule has 0 aromatic heterocycles. The van der Waals surface area contributed by atoms with Crippen molar-refractivity contribution in [3.63, 3.8) is 0 Å². The highest BCUT2D eigenvalue weighted by Gasteiger charge is 2.04. The summed E-state index contributed by atoms with van der Waals surface area (Å²) in [6, 6.07) is 5.50. The van der Waals surface area contributed by atoms with E-state index in [1.54, 1.807) is 7.11 Å². The van der Waals surface area contributed by atoms with Crippen LogP contribution in [-0.4, -0.2) is 7.11 Å². The third kappa shape index (κ3) is 2.12. The SMILES string of the molecule is COc1ccc(C(N)Cl)cc1Br. The second kappa shape index (κ2) is 4.12. The summed E-state index contributed by atoms with van der Waals surface area (Å²) in [5.74, 6) is 0.774. The van der Waals surface area contributed by atoms with Crippen LogP contribution in [0.1, 0.15) is 11.1 Å². The molecule has 1 atom stereocenters. The molecule has 66 valence electrons. The number of rotatable bonds is 2. The average molecular weight is 251 g/mol. The first-order chi connectivity index (χ1) is 5.65. The maximum absolute atomic E-state index is 5.69. The lowest BCUT2D eigenvalue weighted by molar-refractivity contribution is 0.412. The lowest BCUT2D eigenvalue weighted by Crippen LogP contribution is -2.01. The van der Waals surface area contributed by atoms with E-state index in [1.165, 1.54) is 0 Å². The van der Waals surface area contributed by atoms with Crippen LogP contribution in [0.5, 0.6) is 5.75 Å². The molecule has 0 aliphatic heterocycles. The van der Waals surface area contributed by atoms with E-state index in [-0.39, 0.29) is 0 Å². The van der Waals surface area contributed by atoms with E-state index in [2.05, 4.69) is 15.9 Å². The van der Waals surface area contributed by atoms with Crippen molar-refractivity contribution in [2.24, 2.45) is 5.73 Å². The van der Waals surface area contributed by atoms with Crippen LogP contribution < -0.4 is 10.5 Å². The van der Waals surface area contributed by atoms with Crippen molar-refractivity contribution in [1.82, 2.24) is 0 Å². The van der Waals surface area contributed by atoms with E-state index in [0.29, 0.717) is 0 Å². The van der Waals surface area contributed by atoms with Gasteiger partial charge in [0.2, 0.25) is 0 Å². The van der Waals surface area contributed by atoms with Crippen molar-refractivity contribution in [3.8, 4) is 5.75 Å². The Bertz CT molecular complexity index is 278. The largest absolute Gasteiger partial charge is 0.496 e. The number of ether oxygens (including phenoxy) is 1. The van der Waals surface area contributed by atoms with Crippen LogP contribution in [0.15, 0.2) is 22.7 Å². The summed E-state index contributed by atoms with van der Waals surface area (Å²) in [7, 11) is 1.61. The Hall–Kier alpha value is -0.250. The second-order valence-corrected chi connectivity index (χ2v) is 3.62. The van der Waals surface area contributed by atoms with Gasteiger partial charge in [-0.3, -0.25) is 0 Å². The third-order valence-electron chi connectivity index (χ3n) is 1.49. The fourth-order valence-corrected chi connectivity index (χ4v) is 1.55. The van der Waals surface area contributed by atoms with E-state index in [4.69, 9.17) is 22.1 Å². The van der Waals surface area contributed by atoms with E-state index in [0.717, 1.165) is 15.8 Å². The number of alkyl halides is 1. The molecule has 0 heterocycles. The lowest BCUT2D eigenvalue weighted by atomic mass is 10.2. The zero-order chi connectivity index (χ0) is 9.14. The van der Waals surface area contributed by atoms with Crippen LogP contribution >= 0.6 is 27.5 Å². The highest BCUT2D eigenvalue weighted by Crippen LogP contribution is 2.28. The maximum atomic E-state index is 5.69. The molecule has 4 heteroatoms. The second-order valence-electron chi connectivity index (χ2n) is 2.30. The molecule has 0 radical (unpaired) electrons. The third-order valence-corrected chi connectivity index (χ3v) is 2.37. The highest BCUT2D eigenvalue weighted by molar-refractivity contribution is 9.10. The molecule has 1 rings (SSSR count). The van der Waals surface area contributed by atoms with Crippen LogP contribution in [0.25, 0.3) is 0 Å². The van der Waals surface area contributed by atoms with Crippen molar-refractivity contribution in [3.05, 3.63) is 28.2 Å². The minimum atomic E-state index is -0.466. The monoisotopic (exact) mass is 249 g/mol. The zero-order valence-corrected chi connectivity index (χ0v) is 8.89. The summed E-state index contributed by atoms with van der Waals surface area (Å²) < 4.78 is 5.91. The number of methoxy groups -OCH3 is 1. The minimum absolute atomic E-state index is 0.466. The van der Waals surface area contributed by atoms with E-state index in [1.807, 2.05) is 18.2 Å². The number of hydrogen-bond donors (Lipinski definition) is 1. The predicted octanol–water partition coefficient (Wildman–Crippen LogP) is 2.65. The Morgan fingerprint density at radius 3 is 2.67 bits per heavy atom. The fourth-order valence-electron chi connectivity index (χ4n) is 0.854. The molecule has 0 fully saturated rings. The highest BCUT2D eigenvalue weighted by atomic mass is 79.9. The average Bonchev–Trinajstić information content (AvgIpc) is 2.04. The molecule has 0 aliphatic rings. The van der Waals surface area contributed by atoms with Crippen molar-refractivity contribution < 1.29 is 4.74 Å². The molecule has 0 amide bonds. The standard InChI is InChI=1S/C8H9BrClNO/c1-12-7-3-2-5(8(10)11)4-6(7)9/h2-4,8H,11H2,1H3. The molecule has 1 unspecified atom stereocenters. The number of benzene rings is 1. The van der Waals surface area contributed by atoms with Crippen LogP contribution in [0, 0.1) is 0 Å². The molecule has 0 saturated heterocycles. The first-order valence-electron chi connectivity index (χ1n) is 3.38. The van der Waals surface area contributed by atoms with E-state index < -0.39 is 5.50 Å². The van der Waals surface area contributed by atoms with Gasteiger partial charge in [0.05, 0.1) is 11.6 Å². The van der Waals surface area contributed by atoms with Gasteiger partial charge in [-0.25, -0.2) is 0 Å². The summed E-state index contributed by atoms with van der Waals surface area (Å²) in [6.45, 7) is 0. The van der Waals surface area contributed by atoms with Gasteiger partial charge >= 0.3 is 0 Å². The Morgan fingerprint density at radius 2 is 2.25 bits per heavy atom. The molecule has 0 bridgehead atoms. The summed E-state index contributed by atoms with van der Waals surface area (Å²) in [4.78, 5) is 0. The lowest BCUT2D eigenvalue weighted by Gasteiger charge is -2.07. The normalized spacial score (nSPS) is 12.7. The molecule has 0 aliphatic carbocycles. The van der Waals surface area contributed by atoms with Gasteiger partial charge in [0, 0.05) is 0 Å². The van der Waals surface area contributed by atoms with Crippen molar-refractivity contribution >= 4 is 27.5 Å². The van der Waals surface area contributed by atoms with Crippen LogP contribution in [0.2, 0.25) is 0 Å². The smallest absolute Gasteiger partial charge is 0.133 e.